The smallest absolute Gasteiger partial charge is 0.135 e. The van der Waals surface area contributed by atoms with E-state index in [1.54, 1.807) is 0 Å². The molecule has 0 saturated heterocycles. The van der Waals surface area contributed by atoms with Crippen molar-refractivity contribution in [2.45, 2.75) is 38.5 Å². The Labute approximate surface area is 904 Å². The fraction of sp³-hybridized carbons (Fsp3) is 0.125. The van der Waals surface area contributed by atoms with Crippen molar-refractivity contribution in [3.8, 4) is 33.4 Å². The third-order valence-electron chi connectivity index (χ3n) is 18.3. The molecular weight excluding hydrogens is 3020 g/mol. The average Bonchev–Trinajstić information content (AvgIpc) is 1.38. The molecule has 7 aromatic carbocycles. The number of benzene rings is 7. The van der Waals surface area contributed by atoms with Crippen LogP contribution in [0.1, 0.15) is 49.9 Å². The van der Waals surface area contributed by atoms with Gasteiger partial charge in [0.1, 0.15) is 11.2 Å². The lowest BCUT2D eigenvalue weighted by molar-refractivity contribution is 0.660. The summed E-state index contributed by atoms with van der Waals surface area (Å²) >= 11 is 0. The van der Waals surface area contributed by atoms with Crippen LogP contribution in [-0.4, -0.2) is 0 Å². The highest BCUT2D eigenvalue weighted by atomic mass is 33.6. The molecule has 2 aliphatic carbocycles. The molecule has 40 unspecified atom stereocenters. The maximum atomic E-state index is 6.23. The summed E-state index contributed by atoms with van der Waals surface area (Å²) in [4.78, 5) is 2.47. The third-order valence-corrected chi connectivity index (χ3v) is 566. The Hall–Kier alpha value is 27.7. The van der Waals surface area contributed by atoms with Crippen LogP contribution < -0.4 is 4.90 Å². The lowest BCUT2D eigenvalue weighted by Gasteiger charge is -2.62. The van der Waals surface area contributed by atoms with Gasteiger partial charge in [0.05, 0.1) is 5.69 Å². The van der Waals surface area contributed by atoms with E-state index in [0.717, 1.165) is 44.6 Å². The highest BCUT2D eigenvalue weighted by Gasteiger charge is 2.65. The Morgan fingerprint density at radius 1 is 0.195 bits per heavy atom. The molecule has 0 fully saturated rings. The molecule has 0 radical (unpaired) electrons. The lowest BCUT2D eigenvalue weighted by atomic mass is 9.82. The molecule has 1 aromatic heterocycles. The average molecular weight is 3140 g/mol. The summed E-state index contributed by atoms with van der Waals surface area (Å²) in [6.45, 7) is -3.51. The predicted octanol–water partition coefficient (Wildman–Crippen LogP) is 59.1. The zero-order valence-corrected chi connectivity index (χ0v) is 149. The van der Waals surface area contributed by atoms with Gasteiger partial charge in [-0.25, -0.2) is 0 Å². The second-order valence-corrected chi connectivity index (χ2v) is 351. The minimum atomic E-state index is -0.448. The van der Waals surface area contributed by atoms with Gasteiger partial charge in [0.25, 0.3) is 0 Å². The monoisotopic (exact) mass is 3140 g/mol. The zero-order valence-electron chi connectivity index (χ0n) is 68.9. The van der Waals surface area contributed by atoms with Gasteiger partial charge < -0.3 is 9.32 Å². The molecular formula is C48H117NOP78. The summed E-state index contributed by atoms with van der Waals surface area (Å²) in [5.74, 6) is 0. The number of fused-ring (bicyclic) bond motifs is 9. The molecule has 80 heteroatoms. The highest BCUT2D eigenvalue weighted by molar-refractivity contribution is 9.58. The van der Waals surface area contributed by atoms with Gasteiger partial charge in [0.15, 0.2) is 0 Å². The van der Waals surface area contributed by atoms with Gasteiger partial charge in [-0.2, -0.15) is 0 Å². The zero-order chi connectivity index (χ0) is 95.7. The van der Waals surface area contributed by atoms with Crippen LogP contribution >= 0.6 is 623 Å². The van der Waals surface area contributed by atoms with Crippen molar-refractivity contribution >= 4 is 662 Å². The van der Waals surface area contributed by atoms with E-state index in [9.17, 15) is 0 Å². The summed E-state index contributed by atoms with van der Waals surface area (Å²) in [5.41, 5.74) is 18.2. The molecule has 1 heterocycles. The van der Waals surface area contributed by atoms with Crippen LogP contribution in [0.2, 0.25) is 0 Å². The van der Waals surface area contributed by atoms with Crippen molar-refractivity contribution in [1.82, 2.24) is 0 Å². The molecule has 0 bridgehead atoms. The molecule has 2 aliphatic rings. The maximum Gasteiger partial charge on any atom is 0.135 e. The van der Waals surface area contributed by atoms with Crippen LogP contribution in [0.15, 0.2) is 156 Å². The molecule has 128 heavy (non-hydrogen) atoms. The third kappa shape index (κ3) is 36.2. The first-order valence-corrected chi connectivity index (χ1v) is 177. The molecule has 710 valence electrons. The number of hydrogen-bond donors (Lipinski definition) is 0. The molecule has 0 N–H and O–H groups in total. The molecule has 0 aliphatic heterocycles. The fourth-order valence-corrected chi connectivity index (χ4v) is 1160. The van der Waals surface area contributed by atoms with Gasteiger partial charge in [-0.3, -0.25) is 0 Å². The molecule has 10 rings (SSSR count). The van der Waals surface area contributed by atoms with E-state index in [4.69, 9.17) is 4.42 Å². The minimum Gasteiger partial charge on any atom is -0.456 e. The van der Waals surface area contributed by atoms with Crippen LogP contribution in [0.5, 0.6) is 0 Å². The van der Waals surface area contributed by atoms with Crippen LogP contribution in [0.3, 0.4) is 0 Å². The van der Waals surface area contributed by atoms with Gasteiger partial charge >= 0.3 is 0 Å². The lowest BCUT2D eigenvalue weighted by Crippen LogP contribution is -2.16. The van der Waals surface area contributed by atoms with Gasteiger partial charge in [-0.1, -0.05) is 131 Å². The number of para-hydroxylation sites is 2. The molecule has 40 atom stereocenters. The molecule has 2 nitrogen and oxygen atoms in total. The molecule has 8 aromatic rings. The Morgan fingerprint density at radius 2 is 0.414 bits per heavy atom. The Kier molecular flexibility index (Phi) is 72.7. The minimum absolute atomic E-state index is 0.0567. The van der Waals surface area contributed by atoms with E-state index in [2.05, 4.69) is 529 Å². The topological polar surface area (TPSA) is 16.4 Å². The second kappa shape index (κ2) is 66.9. The summed E-state index contributed by atoms with van der Waals surface area (Å²) in [6.07, 6.45) is 0. The van der Waals surface area contributed by atoms with Crippen LogP contribution in [0, 0.1) is 0 Å². The van der Waals surface area contributed by atoms with Crippen LogP contribution in [0.25, 0.3) is 55.3 Å². The Morgan fingerprint density at radius 3 is 0.688 bits per heavy atom. The van der Waals surface area contributed by atoms with E-state index >= 15 is 0 Å². The first-order valence-electron chi connectivity index (χ1n) is 35.3. The van der Waals surface area contributed by atoms with E-state index < -0.39 is 21.0 Å². The van der Waals surface area contributed by atoms with Crippen molar-refractivity contribution < 1.29 is 4.42 Å². The number of anilines is 3. The normalized spacial score (nSPS) is 14.7. The number of nitrogens with zero attached hydrogens (tertiary/aromatic N) is 1. The standard InChI is InChI=1S/C48H37NO.H80P78/c1-47(2)40-17-9-5-14-34(40)37-28-31(22-24-42(37)47)49(32-23-25-43-38(29-32)35-15-6-10-18-41(35)48(43,3)4)44-19-11-7-13-33(44)30-21-26-46-39(27-30)36-16-8-12-20-45(36)50-46;1-41(2)61(42(3)4)71(62(43(5)6)44(7)8)76(72(63(45(9)10)46(11)12)64(47(13)14)48(15)16)78(75(69(57(33)34)58(35)36)70(59(37)38)60(39)40)77(73(65(49(17)18)50(19)20)66(51(21)22)52(23)24)74(67(53(25)26)54(27)28)68(55(29)30)56(31)32/h5-29H,1-4H3;1-40H2. The van der Waals surface area contributed by atoms with Crippen molar-refractivity contribution in [3.63, 3.8) is 0 Å². The summed E-state index contributed by atoms with van der Waals surface area (Å²) < 4.78 is 6.23. The molecule has 0 spiro atoms. The van der Waals surface area contributed by atoms with Gasteiger partial charge in [0, 0.05) is 38.5 Å². The Bertz CT molecular complexity index is 4420. The number of hydrogen-bond acceptors (Lipinski definition) is 2. The first-order chi connectivity index (χ1) is 59.7. The molecule has 0 saturated carbocycles. The van der Waals surface area contributed by atoms with Crippen molar-refractivity contribution in [2.24, 2.45) is 0 Å². The fourth-order valence-electron chi connectivity index (χ4n) is 13.7. The second-order valence-electron chi connectivity index (χ2n) is 27.4. The summed E-state index contributed by atoms with van der Waals surface area (Å²) in [5, 5.41) is 2.27. The van der Waals surface area contributed by atoms with Crippen molar-refractivity contribution in [1.29, 1.82) is 0 Å². The highest BCUT2D eigenvalue weighted by Crippen LogP contribution is 3.52. The number of rotatable bonds is 41. The van der Waals surface area contributed by atoms with Crippen molar-refractivity contribution in [3.05, 3.63) is 174 Å². The van der Waals surface area contributed by atoms with E-state index in [-0.39, 0.29) is 255 Å². The first kappa shape index (κ1) is 139. The summed E-state index contributed by atoms with van der Waals surface area (Å²) in [6, 6.07) is 55.7. The van der Waals surface area contributed by atoms with Crippen LogP contribution in [0.4, 0.5) is 17.1 Å². The number of furan rings is 1. The van der Waals surface area contributed by atoms with Gasteiger partial charge in [0.2, 0.25) is 0 Å². The maximum absolute atomic E-state index is 6.23. The van der Waals surface area contributed by atoms with E-state index in [0.29, 0.717) is 0 Å². The van der Waals surface area contributed by atoms with E-state index in [1.807, 2.05) is 12.1 Å². The van der Waals surface area contributed by atoms with Gasteiger partial charge in [-0.05, 0) is 364 Å². The quantitative estimate of drug-likeness (QED) is 0.0355. The van der Waals surface area contributed by atoms with Crippen LogP contribution in [-0.2, 0) is 10.8 Å². The largest absolute Gasteiger partial charge is 0.456 e. The Balaban J connectivity index is 0.000000312. The van der Waals surface area contributed by atoms with Gasteiger partial charge in [-0.15, -0.1) is 357 Å². The predicted molar refractivity (Wildman–Crippen MR) is 860 cm³/mol. The van der Waals surface area contributed by atoms with Crippen molar-refractivity contribution in [2.75, 3.05) is 4.90 Å². The SMILES string of the molecule is CC1(C)c2ccccc2-c2cc(N(c3ccc4c(c3)-c3ccccc3C4(C)C)c3ccccc3-c3ccc4oc5ccccc5c4c3)ccc21.PP(P)P(P(P)P)P(P(P(P)P)P(P)P)P(P(P(P(P)P)P(P)P)P(P(P)P)P(P)P)P(P(P(P(P)P)P(P)P)P(P(P)P)P(P)P)P(P(P(P(P)P)P(P)P)P(P(P)P)P(P)P)P(P(P(P)P)P(P)P)P(P(P)P)P(P)P. The van der Waals surface area contributed by atoms with E-state index in [1.165, 1.54) is 50.1 Å². The summed E-state index contributed by atoms with van der Waals surface area (Å²) in [7, 11) is 147. The molecule has 0 amide bonds.